The van der Waals surface area contributed by atoms with E-state index in [0.29, 0.717) is 13.2 Å². The van der Waals surface area contributed by atoms with Crippen LogP contribution in [0.5, 0.6) is 5.75 Å². The zero-order valence-corrected chi connectivity index (χ0v) is 14.7. The summed E-state index contributed by atoms with van der Waals surface area (Å²) in [6.45, 7) is 3.26. The van der Waals surface area contributed by atoms with E-state index in [-0.39, 0.29) is 6.03 Å². The maximum atomic E-state index is 11.7. The van der Waals surface area contributed by atoms with Crippen molar-refractivity contribution >= 4 is 27.6 Å². The highest BCUT2D eigenvalue weighted by Gasteiger charge is 2.01. The van der Waals surface area contributed by atoms with Gasteiger partial charge in [-0.15, -0.1) is 0 Å². The normalized spacial score (nSPS) is 10.2. The smallest absolute Gasteiger partial charge is 0.319 e. The molecule has 0 aliphatic rings. The molecule has 2 aromatic rings. The van der Waals surface area contributed by atoms with Gasteiger partial charge in [-0.25, -0.2) is 4.79 Å². The van der Waals surface area contributed by atoms with E-state index in [1.807, 2.05) is 36.4 Å². The summed E-state index contributed by atoms with van der Waals surface area (Å²) in [6.07, 6.45) is 1.78. The fourth-order valence-electron chi connectivity index (χ4n) is 1.99. The van der Waals surface area contributed by atoms with Gasteiger partial charge in [0, 0.05) is 16.7 Å². The molecule has 0 bridgehead atoms. The van der Waals surface area contributed by atoms with Gasteiger partial charge in [-0.2, -0.15) is 0 Å². The Balaban J connectivity index is 1.61. The van der Waals surface area contributed by atoms with Crippen LogP contribution in [0.1, 0.15) is 18.9 Å². The van der Waals surface area contributed by atoms with Crippen LogP contribution in [-0.2, 0) is 6.42 Å². The topological polar surface area (TPSA) is 50.4 Å². The molecular weight excluding hydrogens is 356 g/mol. The number of rotatable bonds is 7. The van der Waals surface area contributed by atoms with Crippen molar-refractivity contribution in [2.45, 2.75) is 19.8 Å². The number of carbonyl (C=O) groups is 1. The maximum absolute atomic E-state index is 11.7. The lowest BCUT2D eigenvalue weighted by molar-refractivity contribution is 0.250. The standard InChI is InChI=1S/C18H21BrN2O2/c1-2-14-4-10-17(11-5-14)23-13-3-12-20-18(22)21-16-8-6-15(19)7-9-16/h4-11H,2-3,12-13H2,1H3,(H2,20,21,22). The molecule has 0 atom stereocenters. The second-order valence-electron chi connectivity index (χ2n) is 5.09. The quantitative estimate of drug-likeness (QED) is 0.693. The van der Waals surface area contributed by atoms with Crippen LogP contribution in [0.15, 0.2) is 53.0 Å². The Hall–Kier alpha value is -2.01. The summed E-state index contributed by atoms with van der Waals surface area (Å²) in [7, 11) is 0. The summed E-state index contributed by atoms with van der Waals surface area (Å²) < 4.78 is 6.62. The number of carbonyl (C=O) groups excluding carboxylic acids is 1. The van der Waals surface area contributed by atoms with E-state index < -0.39 is 0 Å². The molecule has 0 fully saturated rings. The van der Waals surface area contributed by atoms with Crippen LogP contribution in [0.3, 0.4) is 0 Å². The van der Waals surface area contributed by atoms with Crippen LogP contribution in [0.25, 0.3) is 0 Å². The largest absolute Gasteiger partial charge is 0.494 e. The van der Waals surface area contributed by atoms with Crippen molar-refractivity contribution in [3.8, 4) is 5.75 Å². The summed E-state index contributed by atoms with van der Waals surface area (Å²) in [5.74, 6) is 0.863. The molecule has 2 rings (SSSR count). The van der Waals surface area contributed by atoms with Crippen LogP contribution < -0.4 is 15.4 Å². The summed E-state index contributed by atoms with van der Waals surface area (Å²) >= 11 is 3.36. The number of urea groups is 1. The van der Waals surface area contributed by atoms with Crippen LogP contribution in [0.2, 0.25) is 0 Å². The molecule has 0 saturated heterocycles. The Bertz CT molecular complexity index is 612. The second-order valence-corrected chi connectivity index (χ2v) is 6.00. The van der Waals surface area contributed by atoms with E-state index in [1.165, 1.54) is 5.56 Å². The molecule has 23 heavy (non-hydrogen) atoms. The van der Waals surface area contributed by atoms with Gasteiger partial charge < -0.3 is 15.4 Å². The van der Waals surface area contributed by atoms with Crippen molar-refractivity contribution < 1.29 is 9.53 Å². The molecule has 122 valence electrons. The Labute approximate surface area is 145 Å². The SMILES string of the molecule is CCc1ccc(OCCCNC(=O)Nc2ccc(Br)cc2)cc1. The number of halogens is 1. The number of nitrogens with one attached hydrogen (secondary N) is 2. The lowest BCUT2D eigenvalue weighted by Gasteiger charge is -2.09. The third-order valence-corrected chi connectivity index (χ3v) is 3.84. The first-order valence-electron chi connectivity index (χ1n) is 7.69. The zero-order valence-electron chi connectivity index (χ0n) is 13.1. The van der Waals surface area contributed by atoms with Gasteiger partial charge >= 0.3 is 6.03 Å². The van der Waals surface area contributed by atoms with Crippen molar-refractivity contribution in [1.82, 2.24) is 5.32 Å². The van der Waals surface area contributed by atoms with Crippen LogP contribution in [0.4, 0.5) is 10.5 Å². The van der Waals surface area contributed by atoms with Crippen molar-refractivity contribution in [3.63, 3.8) is 0 Å². The molecule has 4 nitrogen and oxygen atoms in total. The van der Waals surface area contributed by atoms with Gasteiger partial charge in [0.1, 0.15) is 5.75 Å². The predicted molar refractivity (Wildman–Crippen MR) is 97.1 cm³/mol. The minimum absolute atomic E-state index is 0.209. The number of aryl methyl sites for hydroxylation is 1. The molecule has 2 aromatic carbocycles. The summed E-state index contributed by atoms with van der Waals surface area (Å²) in [5.41, 5.74) is 2.06. The van der Waals surface area contributed by atoms with Gasteiger partial charge in [0.2, 0.25) is 0 Å². The fraction of sp³-hybridized carbons (Fsp3) is 0.278. The van der Waals surface area contributed by atoms with E-state index in [1.54, 1.807) is 0 Å². The summed E-state index contributed by atoms with van der Waals surface area (Å²) in [4.78, 5) is 11.7. The highest BCUT2D eigenvalue weighted by atomic mass is 79.9. The van der Waals surface area contributed by atoms with Gasteiger partial charge in [-0.1, -0.05) is 35.0 Å². The molecule has 0 aromatic heterocycles. The van der Waals surface area contributed by atoms with Gasteiger partial charge in [0.05, 0.1) is 6.61 Å². The Kier molecular flexibility index (Phi) is 6.94. The van der Waals surface area contributed by atoms with Crippen molar-refractivity contribution in [3.05, 3.63) is 58.6 Å². The summed E-state index contributed by atoms with van der Waals surface area (Å²) in [6, 6.07) is 15.3. The monoisotopic (exact) mass is 376 g/mol. The highest BCUT2D eigenvalue weighted by molar-refractivity contribution is 9.10. The Morgan fingerprint density at radius 3 is 2.43 bits per heavy atom. The van der Waals surface area contributed by atoms with Gasteiger partial charge in [0.25, 0.3) is 0 Å². The molecule has 0 unspecified atom stereocenters. The average Bonchev–Trinajstić information content (AvgIpc) is 2.57. The minimum Gasteiger partial charge on any atom is -0.494 e. The van der Waals surface area contributed by atoms with Crippen LogP contribution in [0, 0.1) is 0 Å². The average molecular weight is 377 g/mol. The molecular formula is C18H21BrN2O2. The number of hydrogen-bond donors (Lipinski definition) is 2. The summed E-state index contributed by atoms with van der Waals surface area (Å²) in [5, 5.41) is 5.59. The van der Waals surface area contributed by atoms with Crippen molar-refractivity contribution in [2.24, 2.45) is 0 Å². The highest BCUT2D eigenvalue weighted by Crippen LogP contribution is 2.14. The zero-order chi connectivity index (χ0) is 16.5. The van der Waals surface area contributed by atoms with E-state index in [2.05, 4.69) is 45.6 Å². The molecule has 0 heterocycles. The van der Waals surface area contributed by atoms with Crippen LogP contribution in [-0.4, -0.2) is 19.2 Å². The molecule has 2 amide bonds. The van der Waals surface area contributed by atoms with Crippen LogP contribution >= 0.6 is 15.9 Å². The number of benzene rings is 2. The lowest BCUT2D eigenvalue weighted by atomic mass is 10.2. The fourth-order valence-corrected chi connectivity index (χ4v) is 2.26. The van der Waals surface area contributed by atoms with E-state index in [0.717, 1.165) is 28.8 Å². The molecule has 0 spiro atoms. The molecule has 0 radical (unpaired) electrons. The maximum Gasteiger partial charge on any atom is 0.319 e. The number of hydrogen-bond acceptors (Lipinski definition) is 2. The van der Waals surface area contributed by atoms with E-state index in [9.17, 15) is 4.79 Å². The third-order valence-electron chi connectivity index (χ3n) is 3.31. The first-order valence-corrected chi connectivity index (χ1v) is 8.49. The van der Waals surface area contributed by atoms with Gasteiger partial charge in [-0.3, -0.25) is 0 Å². The molecule has 0 aliphatic carbocycles. The van der Waals surface area contributed by atoms with Gasteiger partial charge in [-0.05, 0) is 54.8 Å². The molecule has 2 N–H and O–H groups in total. The second kappa shape index (κ2) is 9.20. The molecule has 0 aliphatic heterocycles. The van der Waals surface area contributed by atoms with Crippen molar-refractivity contribution in [2.75, 3.05) is 18.5 Å². The predicted octanol–water partition coefficient (Wildman–Crippen LogP) is 4.60. The van der Waals surface area contributed by atoms with E-state index in [4.69, 9.17) is 4.74 Å². The number of amides is 2. The Morgan fingerprint density at radius 1 is 1.09 bits per heavy atom. The van der Waals surface area contributed by atoms with Crippen molar-refractivity contribution in [1.29, 1.82) is 0 Å². The molecule has 5 heteroatoms. The Morgan fingerprint density at radius 2 is 1.78 bits per heavy atom. The molecule has 0 saturated carbocycles. The first kappa shape index (κ1) is 17.3. The van der Waals surface area contributed by atoms with Gasteiger partial charge in [0.15, 0.2) is 0 Å². The third kappa shape index (κ3) is 6.32. The number of anilines is 1. The van der Waals surface area contributed by atoms with E-state index >= 15 is 0 Å². The minimum atomic E-state index is -0.209. The first-order chi connectivity index (χ1) is 11.2. The lowest BCUT2D eigenvalue weighted by Crippen LogP contribution is -2.30. The number of ether oxygens (including phenoxy) is 1.